The molecular formula is C16H21FN4O. The van der Waals surface area contributed by atoms with E-state index in [1.807, 2.05) is 24.7 Å². The zero-order valence-electron chi connectivity index (χ0n) is 12.9. The van der Waals surface area contributed by atoms with Gasteiger partial charge in [0.2, 0.25) is 0 Å². The molecule has 1 unspecified atom stereocenters. The first kappa shape index (κ1) is 15.1. The number of ether oxygens (including phenoxy) is 1. The van der Waals surface area contributed by atoms with Crippen molar-refractivity contribution in [3.05, 3.63) is 48.1 Å². The van der Waals surface area contributed by atoms with Crippen molar-refractivity contribution in [1.29, 1.82) is 0 Å². The Morgan fingerprint density at radius 3 is 3.00 bits per heavy atom. The number of hydrogen-bond acceptors (Lipinski definition) is 4. The van der Waals surface area contributed by atoms with E-state index in [0.29, 0.717) is 5.92 Å². The van der Waals surface area contributed by atoms with Crippen LogP contribution in [0.1, 0.15) is 37.0 Å². The summed E-state index contributed by atoms with van der Waals surface area (Å²) < 4.78 is 20.8. The van der Waals surface area contributed by atoms with Crippen LogP contribution in [-0.2, 0) is 11.8 Å². The van der Waals surface area contributed by atoms with Crippen molar-refractivity contribution in [2.75, 3.05) is 13.2 Å². The van der Waals surface area contributed by atoms with Crippen molar-refractivity contribution in [1.82, 2.24) is 19.9 Å². The van der Waals surface area contributed by atoms with Crippen molar-refractivity contribution >= 4 is 0 Å². The Hall–Kier alpha value is -1.79. The smallest absolute Gasteiger partial charge is 0.141 e. The molecule has 3 atom stereocenters. The summed E-state index contributed by atoms with van der Waals surface area (Å²) in [7, 11) is 1.99. The Bertz CT molecular complexity index is 613. The number of aromatic nitrogens is 3. The number of halogens is 1. The monoisotopic (exact) mass is 304 g/mol. The van der Waals surface area contributed by atoms with Gasteiger partial charge in [0.05, 0.1) is 11.9 Å². The molecule has 0 aromatic carbocycles. The average Bonchev–Trinajstić information content (AvgIpc) is 3.13. The van der Waals surface area contributed by atoms with Gasteiger partial charge in [-0.25, -0.2) is 9.37 Å². The third-order valence-corrected chi connectivity index (χ3v) is 4.21. The summed E-state index contributed by atoms with van der Waals surface area (Å²) in [4.78, 5) is 8.52. The number of aryl methyl sites for hydroxylation is 1. The number of nitrogens with zero attached hydrogens (tertiary/aromatic N) is 3. The SMILES string of the molecule is CC(NC[C@@H]1CCO[C@H]1c1nccn1C)c1ccc(F)cn1. The van der Waals surface area contributed by atoms with Gasteiger partial charge in [0.15, 0.2) is 0 Å². The second-order valence-corrected chi connectivity index (χ2v) is 5.77. The summed E-state index contributed by atoms with van der Waals surface area (Å²) >= 11 is 0. The molecule has 0 radical (unpaired) electrons. The summed E-state index contributed by atoms with van der Waals surface area (Å²) in [5.41, 5.74) is 0.842. The van der Waals surface area contributed by atoms with Crippen LogP contribution in [-0.4, -0.2) is 27.7 Å². The van der Waals surface area contributed by atoms with Crippen LogP contribution in [0.25, 0.3) is 0 Å². The van der Waals surface area contributed by atoms with E-state index in [9.17, 15) is 4.39 Å². The van der Waals surface area contributed by atoms with Crippen LogP contribution in [0.15, 0.2) is 30.7 Å². The van der Waals surface area contributed by atoms with E-state index < -0.39 is 0 Å². The quantitative estimate of drug-likeness (QED) is 0.921. The third-order valence-electron chi connectivity index (χ3n) is 4.21. The predicted molar refractivity (Wildman–Crippen MR) is 80.6 cm³/mol. The lowest BCUT2D eigenvalue weighted by Gasteiger charge is -2.21. The molecule has 1 fully saturated rings. The molecule has 0 spiro atoms. The molecule has 0 saturated carbocycles. The fourth-order valence-electron chi connectivity index (χ4n) is 2.86. The number of nitrogens with one attached hydrogen (secondary N) is 1. The second kappa shape index (κ2) is 6.54. The number of rotatable bonds is 5. The third kappa shape index (κ3) is 3.18. The zero-order chi connectivity index (χ0) is 15.5. The molecule has 118 valence electrons. The lowest BCUT2D eigenvalue weighted by Crippen LogP contribution is -2.28. The maximum atomic E-state index is 12.9. The van der Waals surface area contributed by atoms with Gasteiger partial charge >= 0.3 is 0 Å². The molecule has 1 aliphatic rings. The normalized spacial score (nSPS) is 22.9. The molecule has 22 heavy (non-hydrogen) atoms. The second-order valence-electron chi connectivity index (χ2n) is 5.77. The van der Waals surface area contributed by atoms with Crippen LogP contribution in [0, 0.1) is 11.7 Å². The number of hydrogen-bond donors (Lipinski definition) is 1. The van der Waals surface area contributed by atoms with Crippen LogP contribution in [0.4, 0.5) is 4.39 Å². The Balaban J connectivity index is 1.60. The molecule has 2 aromatic rings. The van der Waals surface area contributed by atoms with E-state index in [-0.39, 0.29) is 18.0 Å². The zero-order valence-corrected chi connectivity index (χ0v) is 12.9. The highest BCUT2D eigenvalue weighted by molar-refractivity contribution is 5.09. The molecule has 5 nitrogen and oxygen atoms in total. The molecule has 1 saturated heterocycles. The first-order valence-electron chi connectivity index (χ1n) is 7.59. The molecule has 0 aliphatic carbocycles. The first-order chi connectivity index (χ1) is 10.6. The molecule has 6 heteroatoms. The van der Waals surface area contributed by atoms with Crippen molar-refractivity contribution in [3.63, 3.8) is 0 Å². The van der Waals surface area contributed by atoms with Gasteiger partial charge in [0, 0.05) is 44.6 Å². The summed E-state index contributed by atoms with van der Waals surface area (Å²) in [5.74, 6) is 1.04. The molecule has 0 amide bonds. The summed E-state index contributed by atoms with van der Waals surface area (Å²) in [6, 6.07) is 3.23. The topological polar surface area (TPSA) is 52.0 Å². The summed E-state index contributed by atoms with van der Waals surface area (Å²) in [6.45, 7) is 3.61. The van der Waals surface area contributed by atoms with E-state index in [0.717, 1.165) is 31.1 Å². The summed E-state index contributed by atoms with van der Waals surface area (Å²) in [6.07, 6.45) is 6.02. The van der Waals surface area contributed by atoms with Gasteiger partial charge in [-0.1, -0.05) is 0 Å². The molecule has 0 bridgehead atoms. The van der Waals surface area contributed by atoms with E-state index >= 15 is 0 Å². The molecule has 2 aromatic heterocycles. The van der Waals surface area contributed by atoms with Crippen LogP contribution in [0.2, 0.25) is 0 Å². The number of pyridine rings is 1. The van der Waals surface area contributed by atoms with E-state index in [1.165, 1.54) is 12.3 Å². The molecule has 1 aliphatic heterocycles. The Labute approximate surface area is 129 Å². The van der Waals surface area contributed by atoms with Gasteiger partial charge < -0.3 is 14.6 Å². The Morgan fingerprint density at radius 1 is 1.45 bits per heavy atom. The standard InChI is InChI=1S/C16H21FN4O/c1-11(14-4-3-13(17)10-20-14)19-9-12-5-8-22-15(12)16-18-6-7-21(16)2/h3-4,6-7,10-12,15,19H,5,8-9H2,1-2H3/t11?,12-,15+/m0/s1. The number of imidazole rings is 1. The van der Waals surface area contributed by atoms with Crippen molar-refractivity contribution in [2.45, 2.75) is 25.5 Å². The minimum atomic E-state index is -0.310. The van der Waals surface area contributed by atoms with Gasteiger partial charge in [-0.05, 0) is 25.5 Å². The lowest BCUT2D eigenvalue weighted by molar-refractivity contribution is 0.0805. The Kier molecular flexibility index (Phi) is 4.49. The maximum absolute atomic E-state index is 12.9. The average molecular weight is 304 g/mol. The van der Waals surface area contributed by atoms with Crippen molar-refractivity contribution < 1.29 is 9.13 Å². The predicted octanol–water partition coefficient (Wildman–Crippen LogP) is 2.38. The van der Waals surface area contributed by atoms with E-state index in [1.54, 1.807) is 12.3 Å². The lowest BCUT2D eigenvalue weighted by atomic mass is 10.00. The molecule has 3 rings (SSSR count). The first-order valence-corrected chi connectivity index (χ1v) is 7.59. The minimum absolute atomic E-state index is 0.0286. The van der Waals surface area contributed by atoms with Gasteiger partial charge in [0.25, 0.3) is 0 Å². The maximum Gasteiger partial charge on any atom is 0.141 e. The molecule has 1 N–H and O–H groups in total. The van der Waals surface area contributed by atoms with Crippen LogP contribution in [0.5, 0.6) is 0 Å². The fourth-order valence-corrected chi connectivity index (χ4v) is 2.86. The van der Waals surface area contributed by atoms with Crippen molar-refractivity contribution in [3.8, 4) is 0 Å². The highest BCUT2D eigenvalue weighted by Gasteiger charge is 2.32. The minimum Gasteiger partial charge on any atom is -0.370 e. The highest BCUT2D eigenvalue weighted by Crippen LogP contribution is 2.33. The fraction of sp³-hybridized carbons (Fsp3) is 0.500. The van der Waals surface area contributed by atoms with Gasteiger partial charge in [-0.3, -0.25) is 4.98 Å². The van der Waals surface area contributed by atoms with E-state index in [2.05, 4.69) is 15.3 Å². The van der Waals surface area contributed by atoms with Crippen LogP contribution >= 0.6 is 0 Å². The van der Waals surface area contributed by atoms with Gasteiger partial charge in [0.1, 0.15) is 17.7 Å². The van der Waals surface area contributed by atoms with Gasteiger partial charge in [-0.2, -0.15) is 0 Å². The molecular weight excluding hydrogens is 283 g/mol. The Morgan fingerprint density at radius 2 is 2.32 bits per heavy atom. The van der Waals surface area contributed by atoms with Crippen LogP contribution < -0.4 is 5.32 Å². The molecule has 3 heterocycles. The van der Waals surface area contributed by atoms with Crippen molar-refractivity contribution in [2.24, 2.45) is 13.0 Å². The highest BCUT2D eigenvalue weighted by atomic mass is 19.1. The largest absolute Gasteiger partial charge is 0.370 e. The van der Waals surface area contributed by atoms with Crippen LogP contribution in [0.3, 0.4) is 0 Å². The van der Waals surface area contributed by atoms with Gasteiger partial charge in [-0.15, -0.1) is 0 Å². The summed E-state index contributed by atoms with van der Waals surface area (Å²) in [5, 5.41) is 3.47. The van der Waals surface area contributed by atoms with E-state index in [4.69, 9.17) is 4.74 Å².